The molecule has 2 aromatic carbocycles. The van der Waals surface area contributed by atoms with E-state index in [2.05, 4.69) is 72.5 Å². The van der Waals surface area contributed by atoms with Gasteiger partial charge >= 0.3 is 0 Å². The van der Waals surface area contributed by atoms with Gasteiger partial charge in [-0.1, -0.05) is 78.4 Å². The molecule has 1 heterocycles. The van der Waals surface area contributed by atoms with Crippen molar-refractivity contribution in [2.75, 3.05) is 0 Å². The molecule has 0 fully saturated rings. The molecule has 3 nitrogen and oxygen atoms in total. The van der Waals surface area contributed by atoms with Crippen LogP contribution in [0.25, 0.3) is 0 Å². The second-order valence-corrected chi connectivity index (χ2v) is 4.94. The van der Waals surface area contributed by atoms with Crippen LogP contribution < -0.4 is 10.9 Å². The topological polar surface area (TPSA) is 41.6 Å². The highest BCUT2D eigenvalue weighted by Crippen LogP contribution is 1.91. The molecule has 0 spiro atoms. The van der Waals surface area contributed by atoms with Crippen molar-refractivity contribution < 1.29 is 0 Å². The highest BCUT2D eigenvalue weighted by atomic mass is 15.0. The lowest BCUT2D eigenvalue weighted by molar-refractivity contribution is 0.830. The summed E-state index contributed by atoms with van der Waals surface area (Å²) >= 11 is 0. The van der Waals surface area contributed by atoms with E-state index in [-0.39, 0.29) is 0 Å². The Bertz CT molecular complexity index is 649. The highest BCUT2D eigenvalue weighted by molar-refractivity contribution is 6.84. The van der Waals surface area contributed by atoms with E-state index < -0.39 is 0 Å². The fourth-order valence-electron chi connectivity index (χ4n) is 2.14. The lowest BCUT2D eigenvalue weighted by Gasteiger charge is -2.08. The molecule has 0 aliphatic rings. The lowest BCUT2D eigenvalue weighted by atomic mass is 9.43. The molecule has 3 aromatic rings. The third kappa shape index (κ3) is 4.64. The van der Waals surface area contributed by atoms with E-state index in [1.165, 1.54) is 10.9 Å². The maximum Gasteiger partial charge on any atom is 0.206 e. The zero-order valence-corrected chi connectivity index (χ0v) is 12.6. The van der Waals surface area contributed by atoms with Crippen LogP contribution in [0.3, 0.4) is 0 Å². The number of aromatic nitrogens is 2. The third-order valence-electron chi connectivity index (χ3n) is 3.41. The van der Waals surface area contributed by atoms with Crippen molar-refractivity contribution in [1.82, 2.24) is 9.55 Å². The Morgan fingerprint density at radius 3 is 1.95 bits per heavy atom. The Morgan fingerprint density at radius 1 is 1.00 bits per heavy atom. The van der Waals surface area contributed by atoms with Gasteiger partial charge in [0.2, 0.25) is 6.71 Å². The molecule has 0 saturated carbocycles. The minimum Gasteiger partial charge on any atom is -0.324 e. The summed E-state index contributed by atoms with van der Waals surface area (Å²) in [6, 6.07) is 23.2. The molecule has 3 rings (SSSR count). The van der Waals surface area contributed by atoms with Crippen molar-refractivity contribution in [1.29, 1.82) is 5.26 Å². The summed E-state index contributed by atoms with van der Waals surface area (Å²) in [6.45, 7) is 3.11. The van der Waals surface area contributed by atoms with E-state index in [1.807, 2.05) is 6.07 Å². The molecule has 4 heteroatoms. The normalized spacial score (nSPS) is 9.27. The van der Waals surface area contributed by atoms with E-state index in [0.29, 0.717) is 13.3 Å². The molecule has 1 aromatic heterocycles. The van der Waals surface area contributed by atoms with Gasteiger partial charge in [0.25, 0.3) is 0 Å². The number of nitriles is 1. The maximum atomic E-state index is 8.14. The van der Waals surface area contributed by atoms with Crippen molar-refractivity contribution in [3.05, 3.63) is 79.4 Å². The SMILES string of the molecule is CB(c1ccccc1)c1ccccc1.N#CCn1ccnc1. The lowest BCUT2D eigenvalue weighted by Crippen LogP contribution is -2.38. The molecule has 0 N–H and O–H groups in total. The second kappa shape index (κ2) is 8.48. The number of rotatable bonds is 3. The van der Waals surface area contributed by atoms with Crippen LogP contribution in [-0.4, -0.2) is 16.3 Å². The summed E-state index contributed by atoms with van der Waals surface area (Å²) in [5.74, 6) is 0. The van der Waals surface area contributed by atoms with Crippen molar-refractivity contribution >= 4 is 17.6 Å². The van der Waals surface area contributed by atoms with Crippen molar-refractivity contribution in [2.24, 2.45) is 0 Å². The zero-order valence-electron chi connectivity index (χ0n) is 12.6. The summed E-state index contributed by atoms with van der Waals surface area (Å²) in [6.07, 6.45) is 5.02. The largest absolute Gasteiger partial charge is 0.324 e. The molecule has 0 aliphatic carbocycles. The Hall–Kier alpha value is -2.80. The standard InChI is InChI=1S/C13H13B.C5H5N3/c1-14(12-8-4-2-5-9-12)13-10-6-3-7-11-13;6-1-3-8-4-2-7-5-8/h2-11H,1H3;2,4-5H,3H2. The number of imidazole rings is 1. The van der Waals surface area contributed by atoms with Gasteiger partial charge in [-0.15, -0.1) is 0 Å². The predicted octanol–water partition coefficient (Wildman–Crippen LogP) is 2.33. The van der Waals surface area contributed by atoms with E-state index in [1.54, 1.807) is 23.3 Å². The van der Waals surface area contributed by atoms with E-state index in [0.717, 1.165) is 0 Å². The number of nitrogens with zero attached hydrogens (tertiary/aromatic N) is 3. The number of hydrogen-bond acceptors (Lipinski definition) is 2. The van der Waals surface area contributed by atoms with Gasteiger partial charge < -0.3 is 4.57 Å². The van der Waals surface area contributed by atoms with E-state index in [9.17, 15) is 0 Å². The minimum atomic E-state index is 0.389. The first kappa shape index (κ1) is 15.6. The van der Waals surface area contributed by atoms with Gasteiger partial charge in [0, 0.05) is 12.4 Å². The van der Waals surface area contributed by atoms with E-state index >= 15 is 0 Å². The summed E-state index contributed by atoms with van der Waals surface area (Å²) in [7, 11) is 0. The quantitative estimate of drug-likeness (QED) is 0.694. The first-order valence-electron chi connectivity index (χ1n) is 7.24. The molecular formula is C18H18BN3. The molecule has 0 radical (unpaired) electrons. The molecule has 22 heavy (non-hydrogen) atoms. The van der Waals surface area contributed by atoms with Crippen LogP contribution in [0.5, 0.6) is 0 Å². The van der Waals surface area contributed by atoms with Gasteiger partial charge in [-0.25, -0.2) is 4.98 Å². The van der Waals surface area contributed by atoms with Crippen LogP contribution in [0.4, 0.5) is 0 Å². The van der Waals surface area contributed by atoms with Gasteiger partial charge in [-0.2, -0.15) is 5.26 Å². The van der Waals surface area contributed by atoms with Crippen molar-refractivity contribution in [3.8, 4) is 6.07 Å². The highest BCUT2D eigenvalue weighted by Gasteiger charge is 2.10. The Labute approximate surface area is 132 Å². The molecule has 0 aliphatic heterocycles. The molecule has 0 atom stereocenters. The fraction of sp³-hybridized carbons (Fsp3) is 0.111. The Kier molecular flexibility index (Phi) is 6.01. The van der Waals surface area contributed by atoms with Crippen molar-refractivity contribution in [3.63, 3.8) is 0 Å². The average molecular weight is 287 g/mol. The van der Waals surface area contributed by atoms with Gasteiger partial charge in [-0.3, -0.25) is 0 Å². The molecule has 108 valence electrons. The fourth-order valence-corrected chi connectivity index (χ4v) is 2.14. The predicted molar refractivity (Wildman–Crippen MR) is 91.6 cm³/mol. The Morgan fingerprint density at radius 2 is 1.55 bits per heavy atom. The van der Waals surface area contributed by atoms with Gasteiger partial charge in [0.05, 0.1) is 12.4 Å². The van der Waals surface area contributed by atoms with E-state index in [4.69, 9.17) is 5.26 Å². The third-order valence-corrected chi connectivity index (χ3v) is 3.41. The first-order valence-corrected chi connectivity index (χ1v) is 7.24. The second-order valence-electron chi connectivity index (χ2n) is 4.94. The molecular weight excluding hydrogens is 269 g/mol. The van der Waals surface area contributed by atoms with Crippen LogP contribution in [0.15, 0.2) is 79.4 Å². The van der Waals surface area contributed by atoms with Crippen LogP contribution >= 0.6 is 0 Å². The van der Waals surface area contributed by atoms with Crippen LogP contribution in [0.1, 0.15) is 0 Å². The number of benzene rings is 2. The monoisotopic (exact) mass is 287 g/mol. The minimum absolute atomic E-state index is 0.389. The van der Waals surface area contributed by atoms with Crippen LogP contribution in [0, 0.1) is 11.3 Å². The summed E-state index contributed by atoms with van der Waals surface area (Å²) in [5.41, 5.74) is 2.75. The van der Waals surface area contributed by atoms with Gasteiger partial charge in [0.15, 0.2) is 0 Å². The molecule has 0 amide bonds. The first-order chi connectivity index (χ1) is 10.8. The smallest absolute Gasteiger partial charge is 0.206 e. The molecule has 0 bridgehead atoms. The molecule has 0 saturated heterocycles. The van der Waals surface area contributed by atoms with Gasteiger partial charge in [-0.05, 0) is 0 Å². The zero-order chi connectivity index (χ0) is 15.6. The average Bonchev–Trinajstić information content (AvgIpc) is 3.10. The van der Waals surface area contributed by atoms with Crippen LogP contribution in [0.2, 0.25) is 6.82 Å². The maximum absolute atomic E-state index is 8.14. The van der Waals surface area contributed by atoms with Crippen LogP contribution in [-0.2, 0) is 6.54 Å². The van der Waals surface area contributed by atoms with Gasteiger partial charge in [0.1, 0.15) is 6.54 Å². The molecule has 0 unspecified atom stereocenters. The van der Waals surface area contributed by atoms with Crippen molar-refractivity contribution in [2.45, 2.75) is 13.4 Å². The summed E-state index contributed by atoms with van der Waals surface area (Å²) in [4.78, 5) is 3.75. The Balaban J connectivity index is 0.000000188. The number of hydrogen-bond donors (Lipinski definition) is 0. The summed E-state index contributed by atoms with van der Waals surface area (Å²) < 4.78 is 1.71. The summed E-state index contributed by atoms with van der Waals surface area (Å²) in [5, 5.41) is 8.14.